The SMILES string of the molecule is C#CCNC(=O)N[C@@H](c1ccccc1)c1nc2ccccc2n1C. The zero-order valence-corrected chi connectivity index (χ0v) is 13.4. The van der Waals surface area contributed by atoms with E-state index in [0.29, 0.717) is 0 Å². The molecule has 3 rings (SSSR count). The summed E-state index contributed by atoms with van der Waals surface area (Å²) < 4.78 is 1.99. The van der Waals surface area contributed by atoms with Crippen molar-refractivity contribution in [3.05, 3.63) is 66.0 Å². The van der Waals surface area contributed by atoms with Crippen molar-refractivity contribution >= 4 is 17.1 Å². The molecule has 2 aromatic carbocycles. The average molecular weight is 318 g/mol. The monoisotopic (exact) mass is 318 g/mol. The van der Waals surface area contributed by atoms with Crippen LogP contribution in [0.15, 0.2) is 54.6 Å². The van der Waals surface area contributed by atoms with E-state index in [1.807, 2.05) is 66.2 Å². The van der Waals surface area contributed by atoms with Gasteiger partial charge in [0, 0.05) is 7.05 Å². The van der Waals surface area contributed by atoms with Crippen LogP contribution in [0.5, 0.6) is 0 Å². The fraction of sp³-hybridized carbons (Fsp3) is 0.158. The van der Waals surface area contributed by atoms with Crippen molar-refractivity contribution in [1.29, 1.82) is 0 Å². The standard InChI is InChI=1S/C19H18N4O/c1-3-13-20-19(24)22-17(14-9-5-4-6-10-14)18-21-15-11-7-8-12-16(15)23(18)2/h1,4-12,17H,13H2,2H3,(H2,20,22,24)/t17-/m0/s1. The first-order valence-corrected chi connectivity index (χ1v) is 7.65. The van der Waals surface area contributed by atoms with Crippen molar-refractivity contribution in [3.8, 4) is 12.3 Å². The number of hydrogen-bond acceptors (Lipinski definition) is 2. The first kappa shape index (κ1) is 15.6. The summed E-state index contributed by atoms with van der Waals surface area (Å²) in [4.78, 5) is 16.8. The molecule has 3 aromatic rings. The fourth-order valence-electron chi connectivity index (χ4n) is 2.68. The molecule has 0 spiro atoms. The van der Waals surface area contributed by atoms with Gasteiger partial charge in [0.25, 0.3) is 0 Å². The van der Waals surface area contributed by atoms with Gasteiger partial charge >= 0.3 is 6.03 Å². The molecule has 0 fully saturated rings. The quantitative estimate of drug-likeness (QED) is 0.727. The van der Waals surface area contributed by atoms with Crippen molar-refractivity contribution in [1.82, 2.24) is 20.2 Å². The van der Waals surface area contributed by atoms with Crippen LogP contribution in [0.2, 0.25) is 0 Å². The summed E-state index contributed by atoms with van der Waals surface area (Å²) in [5, 5.41) is 5.59. The molecule has 24 heavy (non-hydrogen) atoms. The fourth-order valence-corrected chi connectivity index (χ4v) is 2.68. The molecule has 0 saturated carbocycles. The largest absolute Gasteiger partial charge is 0.329 e. The smallest absolute Gasteiger partial charge is 0.316 e. The molecule has 5 nitrogen and oxygen atoms in total. The molecule has 5 heteroatoms. The van der Waals surface area contributed by atoms with E-state index < -0.39 is 0 Å². The lowest BCUT2D eigenvalue weighted by Gasteiger charge is -2.19. The number of para-hydroxylation sites is 2. The van der Waals surface area contributed by atoms with Crippen LogP contribution < -0.4 is 10.6 Å². The first-order chi connectivity index (χ1) is 11.7. The molecular formula is C19H18N4O. The third kappa shape index (κ3) is 3.08. The number of nitrogens with zero attached hydrogens (tertiary/aromatic N) is 2. The average Bonchev–Trinajstić information content (AvgIpc) is 2.95. The Labute approximate surface area is 140 Å². The number of carbonyl (C=O) groups is 1. The summed E-state index contributed by atoms with van der Waals surface area (Å²) in [6, 6.07) is 16.9. The number of terminal acetylenes is 1. The summed E-state index contributed by atoms with van der Waals surface area (Å²) in [7, 11) is 1.95. The number of imidazole rings is 1. The molecule has 2 amide bonds. The number of nitrogens with one attached hydrogen (secondary N) is 2. The molecule has 0 aliphatic rings. The molecule has 2 N–H and O–H groups in total. The number of rotatable bonds is 4. The van der Waals surface area contributed by atoms with Crippen LogP contribution in [0.3, 0.4) is 0 Å². The highest BCUT2D eigenvalue weighted by Crippen LogP contribution is 2.24. The molecule has 0 unspecified atom stereocenters. The van der Waals surface area contributed by atoms with Gasteiger partial charge in [-0.1, -0.05) is 48.4 Å². The molecule has 0 aliphatic carbocycles. The zero-order chi connectivity index (χ0) is 16.9. The molecule has 0 aliphatic heterocycles. The highest BCUT2D eigenvalue weighted by atomic mass is 16.2. The summed E-state index contributed by atoms with van der Waals surface area (Å²) in [6.07, 6.45) is 5.20. The first-order valence-electron chi connectivity index (χ1n) is 7.65. The second kappa shape index (κ2) is 6.88. The van der Waals surface area contributed by atoms with Gasteiger partial charge in [-0.05, 0) is 17.7 Å². The van der Waals surface area contributed by atoms with Crippen LogP contribution in [0.4, 0.5) is 4.79 Å². The Hall–Kier alpha value is -3.26. The van der Waals surface area contributed by atoms with Gasteiger partial charge in [0.05, 0.1) is 17.6 Å². The molecule has 1 heterocycles. The molecule has 0 radical (unpaired) electrons. The van der Waals surface area contributed by atoms with Gasteiger partial charge in [0.1, 0.15) is 11.9 Å². The van der Waals surface area contributed by atoms with Crippen molar-refractivity contribution in [2.24, 2.45) is 7.05 Å². The predicted molar refractivity (Wildman–Crippen MR) is 94.4 cm³/mol. The number of hydrogen-bond donors (Lipinski definition) is 2. The Morgan fingerprint density at radius 2 is 1.92 bits per heavy atom. The van der Waals surface area contributed by atoms with Crippen molar-refractivity contribution in [3.63, 3.8) is 0 Å². The second-order valence-corrected chi connectivity index (χ2v) is 5.39. The molecule has 0 saturated heterocycles. The lowest BCUT2D eigenvalue weighted by Crippen LogP contribution is -2.39. The minimum Gasteiger partial charge on any atom is -0.329 e. The number of amides is 2. The third-order valence-corrected chi connectivity index (χ3v) is 3.84. The van der Waals surface area contributed by atoms with Gasteiger partial charge in [0.15, 0.2) is 0 Å². The van der Waals surface area contributed by atoms with Crippen molar-refractivity contribution < 1.29 is 4.79 Å². The number of aryl methyl sites for hydroxylation is 1. The van der Waals surface area contributed by atoms with E-state index >= 15 is 0 Å². The highest BCUT2D eigenvalue weighted by molar-refractivity contribution is 5.77. The summed E-state index contributed by atoms with van der Waals surface area (Å²) in [5.74, 6) is 3.15. The van der Waals surface area contributed by atoms with Crippen LogP contribution in [0.1, 0.15) is 17.4 Å². The van der Waals surface area contributed by atoms with E-state index in [2.05, 4.69) is 16.6 Å². The van der Waals surface area contributed by atoms with E-state index in [1.54, 1.807) is 0 Å². The van der Waals surface area contributed by atoms with Gasteiger partial charge in [-0.3, -0.25) is 0 Å². The van der Waals surface area contributed by atoms with E-state index in [-0.39, 0.29) is 18.6 Å². The maximum absolute atomic E-state index is 12.1. The molecule has 1 atom stereocenters. The number of benzene rings is 2. The minimum atomic E-state index is -0.374. The van der Waals surface area contributed by atoms with Gasteiger partial charge in [-0.25, -0.2) is 9.78 Å². The minimum absolute atomic E-state index is 0.176. The van der Waals surface area contributed by atoms with Gasteiger partial charge in [-0.2, -0.15) is 0 Å². The lowest BCUT2D eigenvalue weighted by atomic mass is 10.1. The van der Waals surface area contributed by atoms with Crippen LogP contribution in [0, 0.1) is 12.3 Å². The Morgan fingerprint density at radius 1 is 1.21 bits per heavy atom. The lowest BCUT2D eigenvalue weighted by molar-refractivity contribution is 0.239. The topological polar surface area (TPSA) is 59.0 Å². The van der Waals surface area contributed by atoms with Crippen molar-refractivity contribution in [2.45, 2.75) is 6.04 Å². The molecule has 0 bridgehead atoms. The van der Waals surface area contributed by atoms with Gasteiger partial charge in [-0.15, -0.1) is 6.42 Å². The number of carbonyl (C=O) groups excluding carboxylic acids is 1. The summed E-state index contributed by atoms with van der Waals surface area (Å²) in [5.41, 5.74) is 2.85. The molecule has 120 valence electrons. The van der Waals surface area contributed by atoms with Crippen LogP contribution in [0.25, 0.3) is 11.0 Å². The Bertz CT molecular complexity index is 893. The third-order valence-electron chi connectivity index (χ3n) is 3.84. The van der Waals surface area contributed by atoms with Gasteiger partial charge in [0.2, 0.25) is 0 Å². The maximum atomic E-state index is 12.1. The molecule has 1 aromatic heterocycles. The molecular weight excluding hydrogens is 300 g/mol. The van der Waals surface area contributed by atoms with Crippen LogP contribution >= 0.6 is 0 Å². The predicted octanol–water partition coefficient (Wildman–Crippen LogP) is 2.60. The normalized spacial score (nSPS) is 11.7. The Kier molecular flexibility index (Phi) is 4.48. The highest BCUT2D eigenvalue weighted by Gasteiger charge is 2.22. The second-order valence-electron chi connectivity index (χ2n) is 5.39. The van der Waals surface area contributed by atoms with Crippen molar-refractivity contribution in [2.75, 3.05) is 6.54 Å². The summed E-state index contributed by atoms with van der Waals surface area (Å²) >= 11 is 0. The van der Waals surface area contributed by atoms with Crippen LogP contribution in [-0.2, 0) is 7.05 Å². The Balaban J connectivity index is 2.02. The number of aromatic nitrogens is 2. The van der Waals surface area contributed by atoms with E-state index in [9.17, 15) is 4.79 Å². The summed E-state index contributed by atoms with van der Waals surface area (Å²) in [6.45, 7) is 0.176. The van der Waals surface area contributed by atoms with Crippen LogP contribution in [-0.4, -0.2) is 22.1 Å². The van der Waals surface area contributed by atoms with E-state index in [4.69, 9.17) is 11.4 Å². The zero-order valence-electron chi connectivity index (χ0n) is 13.4. The van der Waals surface area contributed by atoms with E-state index in [1.165, 1.54) is 0 Å². The number of fused-ring (bicyclic) bond motifs is 1. The van der Waals surface area contributed by atoms with Gasteiger partial charge < -0.3 is 15.2 Å². The maximum Gasteiger partial charge on any atom is 0.316 e. The van der Waals surface area contributed by atoms with E-state index in [0.717, 1.165) is 22.4 Å². The number of urea groups is 1. The Morgan fingerprint density at radius 3 is 2.62 bits per heavy atom.